The summed E-state index contributed by atoms with van der Waals surface area (Å²) in [5, 5.41) is 24.3. The largest absolute Gasteiger partial charge is 0.480 e. The van der Waals surface area contributed by atoms with Gasteiger partial charge in [0.1, 0.15) is 6.04 Å². The fourth-order valence-electron chi connectivity index (χ4n) is 1.68. The number of nitro groups is 1. The molecule has 0 spiro atoms. The summed E-state index contributed by atoms with van der Waals surface area (Å²) in [4.78, 5) is 32.7. The molecule has 0 saturated heterocycles. The highest BCUT2D eigenvalue weighted by molar-refractivity contribution is 5.92. The molecule has 8 heteroatoms. The zero-order chi connectivity index (χ0) is 16.0. The molecule has 8 nitrogen and oxygen atoms in total. The van der Waals surface area contributed by atoms with Crippen molar-refractivity contribution in [1.29, 1.82) is 0 Å². The van der Waals surface area contributed by atoms with Crippen LogP contribution in [0.2, 0.25) is 0 Å². The lowest BCUT2D eigenvalue weighted by molar-refractivity contribution is -0.384. The number of nitrogens with zero attached hydrogens (tertiary/aromatic N) is 1. The zero-order valence-corrected chi connectivity index (χ0v) is 11.7. The minimum atomic E-state index is -1.11. The van der Waals surface area contributed by atoms with Gasteiger partial charge in [0.15, 0.2) is 0 Å². The van der Waals surface area contributed by atoms with Crippen molar-refractivity contribution in [3.63, 3.8) is 0 Å². The molecular formula is C13H17N3O5. The fourth-order valence-corrected chi connectivity index (χ4v) is 1.68. The highest BCUT2D eigenvalue weighted by Gasteiger charge is 2.21. The maximum absolute atomic E-state index is 11.7. The molecule has 0 aliphatic rings. The molecule has 1 aromatic rings. The Bertz CT molecular complexity index is 527. The summed E-state index contributed by atoms with van der Waals surface area (Å²) in [6.45, 7) is 3.71. The average Bonchev–Trinajstić information content (AvgIpc) is 2.37. The molecule has 0 aromatic heterocycles. The lowest BCUT2D eigenvalue weighted by Gasteiger charge is -2.16. The lowest BCUT2D eigenvalue weighted by atomic mass is 10.0. The number of nitrogens with one attached hydrogen (secondary N) is 2. The van der Waals surface area contributed by atoms with E-state index in [1.165, 1.54) is 24.3 Å². The number of rotatable bonds is 6. The highest BCUT2D eigenvalue weighted by atomic mass is 16.6. The molecule has 1 unspecified atom stereocenters. The van der Waals surface area contributed by atoms with Gasteiger partial charge in [0.25, 0.3) is 5.69 Å². The van der Waals surface area contributed by atoms with E-state index in [4.69, 9.17) is 5.11 Å². The van der Waals surface area contributed by atoms with Gasteiger partial charge in [-0.2, -0.15) is 0 Å². The Morgan fingerprint density at radius 2 is 1.86 bits per heavy atom. The van der Waals surface area contributed by atoms with Crippen LogP contribution in [-0.2, 0) is 4.79 Å². The van der Waals surface area contributed by atoms with E-state index in [0.29, 0.717) is 12.1 Å². The third-order valence-electron chi connectivity index (χ3n) is 2.65. The van der Waals surface area contributed by atoms with E-state index in [-0.39, 0.29) is 11.6 Å². The number of benzene rings is 1. The Balaban J connectivity index is 2.63. The molecule has 1 rings (SSSR count). The number of anilines is 1. The van der Waals surface area contributed by atoms with Gasteiger partial charge >= 0.3 is 12.0 Å². The van der Waals surface area contributed by atoms with Crippen molar-refractivity contribution in [1.82, 2.24) is 5.32 Å². The number of hydrogen-bond acceptors (Lipinski definition) is 4. The molecule has 0 aliphatic heterocycles. The molecule has 0 bridgehead atoms. The summed E-state index contributed by atoms with van der Waals surface area (Å²) in [5.74, 6) is -0.992. The Morgan fingerprint density at radius 1 is 1.29 bits per heavy atom. The van der Waals surface area contributed by atoms with Gasteiger partial charge in [-0.1, -0.05) is 13.8 Å². The third kappa shape index (κ3) is 5.47. The predicted octanol–water partition coefficient (Wildman–Crippen LogP) is 2.22. The van der Waals surface area contributed by atoms with Crippen LogP contribution < -0.4 is 10.6 Å². The predicted molar refractivity (Wildman–Crippen MR) is 76.1 cm³/mol. The number of carboxylic acid groups (broad SMARTS) is 1. The van der Waals surface area contributed by atoms with Gasteiger partial charge in [-0.05, 0) is 24.5 Å². The van der Waals surface area contributed by atoms with Crippen molar-refractivity contribution in [3.8, 4) is 0 Å². The first-order valence-electron chi connectivity index (χ1n) is 6.34. The summed E-state index contributed by atoms with van der Waals surface area (Å²) in [7, 11) is 0. The monoisotopic (exact) mass is 295 g/mol. The van der Waals surface area contributed by atoms with E-state index in [0.717, 1.165) is 0 Å². The summed E-state index contributed by atoms with van der Waals surface area (Å²) in [6, 6.07) is 3.59. The maximum Gasteiger partial charge on any atom is 0.326 e. The second-order valence-electron chi connectivity index (χ2n) is 4.92. The topological polar surface area (TPSA) is 122 Å². The molecular weight excluding hydrogens is 278 g/mol. The first-order chi connectivity index (χ1) is 9.79. The number of carbonyl (C=O) groups excluding carboxylic acids is 1. The van der Waals surface area contributed by atoms with Gasteiger partial charge in [0, 0.05) is 17.8 Å². The number of nitro benzene ring substituents is 1. The average molecular weight is 295 g/mol. The quantitative estimate of drug-likeness (QED) is 0.548. The van der Waals surface area contributed by atoms with Crippen molar-refractivity contribution in [3.05, 3.63) is 34.4 Å². The first kappa shape index (κ1) is 16.4. The van der Waals surface area contributed by atoms with Crippen LogP contribution in [0.25, 0.3) is 0 Å². The smallest absolute Gasteiger partial charge is 0.326 e. The molecule has 114 valence electrons. The molecule has 1 aromatic carbocycles. The molecule has 0 radical (unpaired) electrons. The van der Waals surface area contributed by atoms with E-state index >= 15 is 0 Å². The van der Waals surface area contributed by atoms with Crippen LogP contribution in [-0.4, -0.2) is 28.1 Å². The lowest BCUT2D eigenvalue weighted by Crippen LogP contribution is -2.43. The highest BCUT2D eigenvalue weighted by Crippen LogP contribution is 2.15. The zero-order valence-electron chi connectivity index (χ0n) is 11.7. The van der Waals surface area contributed by atoms with Gasteiger partial charge in [-0.15, -0.1) is 0 Å². The molecule has 0 heterocycles. The number of amides is 2. The van der Waals surface area contributed by atoms with Crippen LogP contribution >= 0.6 is 0 Å². The van der Waals surface area contributed by atoms with Gasteiger partial charge in [-0.25, -0.2) is 9.59 Å². The summed E-state index contributed by atoms with van der Waals surface area (Å²) >= 11 is 0. The molecule has 3 N–H and O–H groups in total. The Morgan fingerprint density at radius 3 is 2.29 bits per heavy atom. The van der Waals surface area contributed by atoms with Crippen LogP contribution in [0.3, 0.4) is 0 Å². The first-order valence-corrected chi connectivity index (χ1v) is 6.34. The van der Waals surface area contributed by atoms with Crippen LogP contribution in [0.4, 0.5) is 16.2 Å². The van der Waals surface area contributed by atoms with Crippen LogP contribution in [0, 0.1) is 16.0 Å². The standard InChI is InChI=1S/C13H17N3O5/c1-8(2)7-11(12(17)18)15-13(19)14-9-3-5-10(6-4-9)16(20)21/h3-6,8,11H,7H2,1-2H3,(H,17,18)(H2,14,15,19). The van der Waals surface area contributed by atoms with Gasteiger partial charge in [-0.3, -0.25) is 10.1 Å². The van der Waals surface area contributed by atoms with Gasteiger partial charge in [0.05, 0.1) is 4.92 Å². The Labute approximate surface area is 121 Å². The number of carbonyl (C=O) groups is 2. The van der Waals surface area contributed by atoms with Crippen molar-refractivity contribution < 1.29 is 19.6 Å². The van der Waals surface area contributed by atoms with E-state index in [9.17, 15) is 19.7 Å². The molecule has 21 heavy (non-hydrogen) atoms. The number of non-ortho nitro benzene ring substituents is 1. The van der Waals surface area contributed by atoms with E-state index in [1.54, 1.807) is 0 Å². The number of carboxylic acids is 1. The van der Waals surface area contributed by atoms with E-state index in [1.807, 2.05) is 13.8 Å². The van der Waals surface area contributed by atoms with Crippen molar-refractivity contribution in [2.24, 2.45) is 5.92 Å². The van der Waals surface area contributed by atoms with Crippen molar-refractivity contribution in [2.75, 3.05) is 5.32 Å². The molecule has 0 saturated carbocycles. The third-order valence-corrected chi connectivity index (χ3v) is 2.65. The van der Waals surface area contributed by atoms with Gasteiger partial charge in [0.2, 0.25) is 0 Å². The second-order valence-corrected chi connectivity index (χ2v) is 4.92. The van der Waals surface area contributed by atoms with Crippen molar-refractivity contribution >= 4 is 23.4 Å². The minimum absolute atomic E-state index is 0.0934. The summed E-state index contributed by atoms with van der Waals surface area (Å²) in [6.07, 6.45) is 0.309. The van der Waals surface area contributed by atoms with E-state index < -0.39 is 23.0 Å². The number of urea groups is 1. The SMILES string of the molecule is CC(C)CC(NC(=O)Nc1ccc([N+](=O)[O-])cc1)C(=O)O. The van der Waals surface area contributed by atoms with E-state index in [2.05, 4.69) is 10.6 Å². The second kappa shape index (κ2) is 7.22. The normalized spacial score (nSPS) is 11.8. The van der Waals surface area contributed by atoms with Crippen molar-refractivity contribution in [2.45, 2.75) is 26.3 Å². The van der Waals surface area contributed by atoms with Crippen LogP contribution in [0.1, 0.15) is 20.3 Å². The summed E-state index contributed by atoms with van der Waals surface area (Å²) < 4.78 is 0. The Kier molecular flexibility index (Phi) is 5.65. The van der Waals surface area contributed by atoms with Crippen LogP contribution in [0.5, 0.6) is 0 Å². The number of hydrogen-bond donors (Lipinski definition) is 3. The van der Waals surface area contributed by atoms with Crippen LogP contribution in [0.15, 0.2) is 24.3 Å². The number of aliphatic carboxylic acids is 1. The molecule has 1 atom stereocenters. The summed E-state index contributed by atoms with van der Waals surface area (Å²) in [5.41, 5.74) is 0.246. The molecule has 0 fully saturated rings. The fraction of sp³-hybridized carbons (Fsp3) is 0.385. The molecule has 2 amide bonds. The maximum atomic E-state index is 11.7. The Hall–Kier alpha value is -2.64. The van der Waals surface area contributed by atoms with Gasteiger partial charge < -0.3 is 15.7 Å². The molecule has 0 aliphatic carbocycles. The minimum Gasteiger partial charge on any atom is -0.480 e.